The molecule has 1 fully saturated rings. The summed E-state index contributed by atoms with van der Waals surface area (Å²) < 4.78 is 0. The molecule has 2 N–H and O–H groups in total. The number of nitrogens with zero attached hydrogens (tertiary/aromatic N) is 1. The zero-order valence-corrected chi connectivity index (χ0v) is 10.9. The Bertz CT molecular complexity index is 220. The fourth-order valence-electron chi connectivity index (χ4n) is 2.59. The summed E-state index contributed by atoms with van der Waals surface area (Å²) in [5.41, 5.74) is 5.66. The molecule has 3 heteroatoms. The zero-order valence-electron chi connectivity index (χ0n) is 10.9. The van der Waals surface area contributed by atoms with Crippen LogP contribution < -0.4 is 5.73 Å². The van der Waals surface area contributed by atoms with Crippen molar-refractivity contribution in [1.29, 1.82) is 0 Å². The van der Waals surface area contributed by atoms with Gasteiger partial charge in [0.2, 0.25) is 5.91 Å². The highest BCUT2D eigenvalue weighted by Gasteiger charge is 2.27. The van der Waals surface area contributed by atoms with Gasteiger partial charge >= 0.3 is 0 Å². The second kappa shape index (κ2) is 6.24. The maximum absolute atomic E-state index is 12.1. The number of nitrogens with two attached hydrogens (primary N) is 1. The van der Waals surface area contributed by atoms with Crippen LogP contribution in [0.4, 0.5) is 0 Å². The maximum Gasteiger partial charge on any atom is 0.225 e. The van der Waals surface area contributed by atoms with E-state index in [1.54, 1.807) is 0 Å². The highest BCUT2D eigenvalue weighted by Crippen LogP contribution is 2.29. The summed E-state index contributed by atoms with van der Waals surface area (Å²) in [5.74, 6) is 1.80. The Kier molecular flexibility index (Phi) is 5.26. The highest BCUT2D eigenvalue weighted by molar-refractivity contribution is 5.78. The van der Waals surface area contributed by atoms with Crippen LogP contribution in [-0.2, 0) is 4.79 Å². The summed E-state index contributed by atoms with van der Waals surface area (Å²) in [5, 5.41) is 0. The van der Waals surface area contributed by atoms with Crippen molar-refractivity contribution in [2.24, 2.45) is 23.5 Å². The first kappa shape index (κ1) is 13.5. The normalized spacial score (nSPS) is 25.8. The van der Waals surface area contributed by atoms with Crippen LogP contribution in [0.25, 0.3) is 0 Å². The molecule has 1 rings (SSSR count). The van der Waals surface area contributed by atoms with E-state index in [1.165, 1.54) is 0 Å². The molecule has 0 aromatic carbocycles. The first-order valence-corrected chi connectivity index (χ1v) is 6.49. The Morgan fingerprint density at radius 1 is 1.31 bits per heavy atom. The van der Waals surface area contributed by atoms with Crippen molar-refractivity contribution in [3.63, 3.8) is 0 Å². The van der Waals surface area contributed by atoms with Gasteiger partial charge in [-0.05, 0) is 44.1 Å². The summed E-state index contributed by atoms with van der Waals surface area (Å²) in [6, 6.07) is 0. The fraction of sp³-hybridized carbons (Fsp3) is 0.923. The van der Waals surface area contributed by atoms with Gasteiger partial charge in [-0.3, -0.25) is 4.79 Å². The van der Waals surface area contributed by atoms with E-state index in [-0.39, 0.29) is 5.92 Å². The van der Waals surface area contributed by atoms with Gasteiger partial charge < -0.3 is 10.6 Å². The van der Waals surface area contributed by atoms with Crippen LogP contribution in [0.5, 0.6) is 0 Å². The molecule has 0 atom stereocenters. The lowest BCUT2D eigenvalue weighted by molar-refractivity contribution is -0.135. The minimum atomic E-state index is 0.256. The van der Waals surface area contributed by atoms with E-state index >= 15 is 0 Å². The topological polar surface area (TPSA) is 46.3 Å². The lowest BCUT2D eigenvalue weighted by Gasteiger charge is -2.30. The largest absolute Gasteiger partial charge is 0.345 e. The van der Waals surface area contributed by atoms with E-state index in [4.69, 9.17) is 5.73 Å². The Hall–Kier alpha value is -0.570. The lowest BCUT2D eigenvalue weighted by atomic mass is 9.81. The summed E-state index contributed by atoms with van der Waals surface area (Å²) >= 11 is 0. The molecule has 0 aromatic rings. The highest BCUT2D eigenvalue weighted by atomic mass is 16.2. The first-order chi connectivity index (χ1) is 7.54. The molecule has 1 aliphatic rings. The SMILES string of the molecule is CC(C)CN(C)C(=O)C1CCC(CN)CC1. The molecular weight excluding hydrogens is 200 g/mol. The Morgan fingerprint density at radius 2 is 1.88 bits per heavy atom. The monoisotopic (exact) mass is 226 g/mol. The molecule has 1 saturated carbocycles. The van der Waals surface area contributed by atoms with Crippen molar-refractivity contribution in [3.05, 3.63) is 0 Å². The van der Waals surface area contributed by atoms with Crippen molar-refractivity contribution in [1.82, 2.24) is 4.90 Å². The minimum absolute atomic E-state index is 0.256. The van der Waals surface area contributed by atoms with Crippen LogP contribution >= 0.6 is 0 Å². The third-order valence-corrected chi connectivity index (χ3v) is 3.54. The maximum atomic E-state index is 12.1. The van der Waals surface area contributed by atoms with Gasteiger partial charge in [0, 0.05) is 19.5 Å². The standard InChI is InChI=1S/C13H26N2O/c1-10(2)9-15(3)13(16)12-6-4-11(8-14)5-7-12/h10-12H,4-9,14H2,1-3H3. The van der Waals surface area contributed by atoms with Gasteiger partial charge in [-0.25, -0.2) is 0 Å². The van der Waals surface area contributed by atoms with E-state index in [2.05, 4.69) is 13.8 Å². The lowest BCUT2D eigenvalue weighted by Crippen LogP contribution is -2.37. The van der Waals surface area contributed by atoms with Crippen LogP contribution in [0, 0.1) is 17.8 Å². The molecule has 16 heavy (non-hydrogen) atoms. The molecule has 1 aliphatic carbocycles. The van der Waals surface area contributed by atoms with Crippen molar-refractivity contribution >= 4 is 5.91 Å². The van der Waals surface area contributed by atoms with Gasteiger partial charge in [-0.1, -0.05) is 13.8 Å². The Labute approximate surface area is 99.4 Å². The molecule has 0 aromatic heterocycles. The predicted octanol–water partition coefficient (Wildman–Crippen LogP) is 1.87. The second-order valence-corrected chi connectivity index (χ2v) is 5.57. The second-order valence-electron chi connectivity index (χ2n) is 5.57. The van der Waals surface area contributed by atoms with Gasteiger partial charge in [0.15, 0.2) is 0 Å². The van der Waals surface area contributed by atoms with Gasteiger partial charge in [0.25, 0.3) is 0 Å². The summed E-state index contributed by atoms with van der Waals surface area (Å²) in [6.07, 6.45) is 4.32. The van der Waals surface area contributed by atoms with Crippen LogP contribution in [0.15, 0.2) is 0 Å². The average molecular weight is 226 g/mol. The fourth-order valence-corrected chi connectivity index (χ4v) is 2.59. The van der Waals surface area contributed by atoms with Crippen LogP contribution in [0.2, 0.25) is 0 Å². The predicted molar refractivity (Wildman–Crippen MR) is 67.0 cm³/mol. The number of rotatable bonds is 4. The molecule has 0 saturated heterocycles. The number of amides is 1. The van der Waals surface area contributed by atoms with E-state index in [0.717, 1.165) is 38.8 Å². The number of carbonyl (C=O) groups is 1. The number of hydrogen-bond donors (Lipinski definition) is 1. The van der Waals surface area contributed by atoms with Gasteiger partial charge in [-0.15, -0.1) is 0 Å². The van der Waals surface area contributed by atoms with Crippen LogP contribution in [-0.4, -0.2) is 30.9 Å². The van der Waals surface area contributed by atoms with E-state index in [0.29, 0.717) is 17.7 Å². The number of carbonyl (C=O) groups excluding carboxylic acids is 1. The van der Waals surface area contributed by atoms with Crippen LogP contribution in [0.1, 0.15) is 39.5 Å². The van der Waals surface area contributed by atoms with Crippen molar-refractivity contribution in [2.45, 2.75) is 39.5 Å². The molecule has 0 heterocycles. The van der Waals surface area contributed by atoms with Gasteiger partial charge in [-0.2, -0.15) is 0 Å². The molecule has 0 radical (unpaired) electrons. The summed E-state index contributed by atoms with van der Waals surface area (Å²) in [6.45, 7) is 5.95. The number of hydrogen-bond acceptors (Lipinski definition) is 2. The average Bonchev–Trinajstić information content (AvgIpc) is 2.27. The van der Waals surface area contributed by atoms with E-state index < -0.39 is 0 Å². The molecular formula is C13H26N2O. The molecule has 94 valence electrons. The van der Waals surface area contributed by atoms with Crippen molar-refractivity contribution < 1.29 is 4.79 Å². The minimum Gasteiger partial charge on any atom is -0.345 e. The zero-order chi connectivity index (χ0) is 12.1. The molecule has 0 spiro atoms. The smallest absolute Gasteiger partial charge is 0.225 e. The van der Waals surface area contributed by atoms with E-state index in [1.807, 2.05) is 11.9 Å². The summed E-state index contributed by atoms with van der Waals surface area (Å²) in [4.78, 5) is 14.0. The Morgan fingerprint density at radius 3 is 2.31 bits per heavy atom. The van der Waals surface area contributed by atoms with Crippen molar-refractivity contribution in [2.75, 3.05) is 20.1 Å². The van der Waals surface area contributed by atoms with Crippen molar-refractivity contribution in [3.8, 4) is 0 Å². The third-order valence-electron chi connectivity index (χ3n) is 3.54. The molecule has 0 bridgehead atoms. The van der Waals surface area contributed by atoms with Gasteiger partial charge in [0.05, 0.1) is 0 Å². The molecule has 0 unspecified atom stereocenters. The molecule has 0 aliphatic heterocycles. The Balaban J connectivity index is 2.38. The third kappa shape index (κ3) is 3.78. The summed E-state index contributed by atoms with van der Waals surface area (Å²) in [7, 11) is 1.93. The molecule has 3 nitrogen and oxygen atoms in total. The van der Waals surface area contributed by atoms with Crippen LogP contribution in [0.3, 0.4) is 0 Å². The molecule has 1 amide bonds. The first-order valence-electron chi connectivity index (χ1n) is 6.49. The van der Waals surface area contributed by atoms with E-state index in [9.17, 15) is 4.79 Å². The van der Waals surface area contributed by atoms with Gasteiger partial charge in [0.1, 0.15) is 0 Å². The quantitative estimate of drug-likeness (QED) is 0.795.